The van der Waals surface area contributed by atoms with Crippen LogP contribution in [0.5, 0.6) is 0 Å². The highest BCUT2D eigenvalue weighted by Crippen LogP contribution is 2.06. The van der Waals surface area contributed by atoms with E-state index in [0.717, 1.165) is 17.5 Å². The Kier molecular flexibility index (Phi) is 6.30. The van der Waals surface area contributed by atoms with E-state index in [1.165, 1.54) is 6.08 Å². The smallest absolute Gasteiger partial charge is 0.244 e. The molecular formula is C16H23NO2. The summed E-state index contributed by atoms with van der Waals surface area (Å²) in [6, 6.07) is 7.77. The molecule has 1 aromatic carbocycles. The predicted octanol–water partition coefficient (Wildman–Crippen LogP) is 2.53. The molecule has 3 nitrogen and oxygen atoms in total. The Bertz CT molecular complexity index is 438. The SMILES string of the molecule is Cc1cccc(C=CC(=O)NC(CO)CC(C)C)c1. The van der Waals surface area contributed by atoms with E-state index < -0.39 is 0 Å². The number of carbonyl (C=O) groups is 1. The number of carbonyl (C=O) groups excluding carboxylic acids is 1. The topological polar surface area (TPSA) is 49.3 Å². The van der Waals surface area contributed by atoms with E-state index >= 15 is 0 Å². The van der Waals surface area contributed by atoms with E-state index in [2.05, 4.69) is 19.2 Å². The van der Waals surface area contributed by atoms with Crippen molar-refractivity contribution in [1.82, 2.24) is 5.32 Å². The lowest BCUT2D eigenvalue weighted by Gasteiger charge is -2.17. The van der Waals surface area contributed by atoms with E-state index in [1.54, 1.807) is 6.08 Å². The van der Waals surface area contributed by atoms with Gasteiger partial charge in [-0.15, -0.1) is 0 Å². The summed E-state index contributed by atoms with van der Waals surface area (Å²) in [5.41, 5.74) is 2.16. The molecule has 3 heteroatoms. The molecule has 0 fully saturated rings. The van der Waals surface area contributed by atoms with Crippen molar-refractivity contribution in [2.45, 2.75) is 33.2 Å². The summed E-state index contributed by atoms with van der Waals surface area (Å²) in [5, 5.41) is 12.0. The maximum atomic E-state index is 11.7. The quantitative estimate of drug-likeness (QED) is 0.773. The molecular weight excluding hydrogens is 238 g/mol. The molecule has 0 aliphatic carbocycles. The van der Waals surface area contributed by atoms with Gasteiger partial charge in [0.1, 0.15) is 0 Å². The molecule has 0 saturated carbocycles. The molecule has 0 aliphatic heterocycles. The second kappa shape index (κ2) is 7.74. The summed E-state index contributed by atoms with van der Waals surface area (Å²) in [4.78, 5) is 11.7. The first-order chi connectivity index (χ1) is 9.01. The molecule has 0 aliphatic rings. The molecule has 0 radical (unpaired) electrons. The molecule has 0 spiro atoms. The van der Waals surface area contributed by atoms with Gasteiger partial charge >= 0.3 is 0 Å². The third kappa shape index (κ3) is 6.20. The number of hydrogen-bond donors (Lipinski definition) is 2. The highest BCUT2D eigenvalue weighted by Gasteiger charge is 2.11. The Morgan fingerprint density at radius 3 is 2.74 bits per heavy atom. The summed E-state index contributed by atoms with van der Waals surface area (Å²) >= 11 is 0. The van der Waals surface area contributed by atoms with Gasteiger partial charge in [0.2, 0.25) is 5.91 Å². The molecule has 1 atom stereocenters. The molecule has 1 unspecified atom stereocenters. The minimum atomic E-state index is -0.172. The zero-order valence-electron chi connectivity index (χ0n) is 11.9. The monoisotopic (exact) mass is 261 g/mol. The van der Waals surface area contributed by atoms with Crippen LogP contribution in [0.1, 0.15) is 31.4 Å². The molecule has 0 saturated heterocycles. The van der Waals surface area contributed by atoms with E-state index in [4.69, 9.17) is 0 Å². The van der Waals surface area contributed by atoms with Crippen molar-refractivity contribution in [3.05, 3.63) is 41.5 Å². The number of amides is 1. The van der Waals surface area contributed by atoms with Gasteiger partial charge in [0.25, 0.3) is 0 Å². The van der Waals surface area contributed by atoms with Crippen molar-refractivity contribution >= 4 is 12.0 Å². The Balaban J connectivity index is 2.54. The summed E-state index contributed by atoms with van der Waals surface area (Å²) in [6.45, 7) is 6.12. The fourth-order valence-electron chi connectivity index (χ4n) is 1.94. The molecule has 1 aromatic rings. The van der Waals surface area contributed by atoms with Crippen LogP contribution in [-0.2, 0) is 4.79 Å². The first kappa shape index (κ1) is 15.4. The number of aliphatic hydroxyl groups is 1. The summed E-state index contributed by atoms with van der Waals surface area (Å²) in [7, 11) is 0. The summed E-state index contributed by atoms with van der Waals surface area (Å²) in [6.07, 6.45) is 4.07. The minimum Gasteiger partial charge on any atom is -0.394 e. The lowest BCUT2D eigenvalue weighted by atomic mass is 10.0. The Morgan fingerprint density at radius 2 is 2.16 bits per heavy atom. The number of aryl methyl sites for hydroxylation is 1. The third-order valence-electron chi connectivity index (χ3n) is 2.79. The maximum absolute atomic E-state index is 11.7. The van der Waals surface area contributed by atoms with Gasteiger partial charge in [-0.25, -0.2) is 0 Å². The van der Waals surface area contributed by atoms with Crippen LogP contribution in [0.15, 0.2) is 30.3 Å². The van der Waals surface area contributed by atoms with E-state index in [9.17, 15) is 9.90 Å². The van der Waals surface area contributed by atoms with Crippen molar-refractivity contribution in [3.8, 4) is 0 Å². The van der Waals surface area contributed by atoms with E-state index in [0.29, 0.717) is 5.92 Å². The lowest BCUT2D eigenvalue weighted by molar-refractivity contribution is -0.117. The molecule has 2 N–H and O–H groups in total. The van der Waals surface area contributed by atoms with Crippen LogP contribution < -0.4 is 5.32 Å². The van der Waals surface area contributed by atoms with Crippen LogP contribution in [0.2, 0.25) is 0 Å². The summed E-state index contributed by atoms with van der Waals surface area (Å²) < 4.78 is 0. The zero-order chi connectivity index (χ0) is 14.3. The molecule has 0 bridgehead atoms. The predicted molar refractivity (Wildman–Crippen MR) is 78.7 cm³/mol. The van der Waals surface area contributed by atoms with Gasteiger partial charge in [0, 0.05) is 6.08 Å². The molecule has 0 aromatic heterocycles. The van der Waals surface area contributed by atoms with Gasteiger partial charge in [0.05, 0.1) is 12.6 Å². The Hall–Kier alpha value is -1.61. The van der Waals surface area contributed by atoms with Crippen LogP contribution in [0, 0.1) is 12.8 Å². The molecule has 1 amide bonds. The largest absolute Gasteiger partial charge is 0.394 e. The Labute approximate surface area is 115 Å². The van der Waals surface area contributed by atoms with Gasteiger partial charge in [-0.05, 0) is 30.9 Å². The number of benzene rings is 1. The molecule has 104 valence electrons. The zero-order valence-corrected chi connectivity index (χ0v) is 11.9. The second-order valence-corrected chi connectivity index (χ2v) is 5.27. The van der Waals surface area contributed by atoms with Crippen LogP contribution >= 0.6 is 0 Å². The maximum Gasteiger partial charge on any atom is 0.244 e. The van der Waals surface area contributed by atoms with Crippen molar-refractivity contribution in [3.63, 3.8) is 0 Å². The highest BCUT2D eigenvalue weighted by atomic mass is 16.3. The first-order valence-corrected chi connectivity index (χ1v) is 6.67. The normalized spacial score (nSPS) is 12.9. The summed E-state index contributed by atoms with van der Waals surface area (Å²) in [5.74, 6) is 0.277. The lowest BCUT2D eigenvalue weighted by Crippen LogP contribution is -2.37. The standard InChI is InChI=1S/C16H23NO2/c1-12(2)9-15(11-18)17-16(19)8-7-14-6-4-5-13(3)10-14/h4-8,10,12,15,18H,9,11H2,1-3H3,(H,17,19). The molecule has 19 heavy (non-hydrogen) atoms. The third-order valence-corrected chi connectivity index (χ3v) is 2.79. The van der Waals surface area contributed by atoms with Gasteiger partial charge < -0.3 is 10.4 Å². The van der Waals surface area contributed by atoms with Crippen LogP contribution in [0.25, 0.3) is 6.08 Å². The van der Waals surface area contributed by atoms with Gasteiger partial charge in [-0.3, -0.25) is 4.79 Å². The second-order valence-electron chi connectivity index (χ2n) is 5.27. The van der Waals surface area contributed by atoms with Crippen LogP contribution in [0.4, 0.5) is 0 Å². The van der Waals surface area contributed by atoms with Gasteiger partial charge in [-0.1, -0.05) is 43.7 Å². The minimum absolute atomic E-state index is 0.0256. The molecule has 1 rings (SSSR count). The fraction of sp³-hybridized carbons (Fsp3) is 0.438. The van der Waals surface area contributed by atoms with E-state index in [-0.39, 0.29) is 18.6 Å². The highest BCUT2D eigenvalue weighted by molar-refractivity contribution is 5.91. The van der Waals surface area contributed by atoms with Crippen molar-refractivity contribution in [2.75, 3.05) is 6.61 Å². The van der Waals surface area contributed by atoms with Crippen LogP contribution in [-0.4, -0.2) is 23.7 Å². The number of aliphatic hydroxyl groups excluding tert-OH is 1. The van der Waals surface area contributed by atoms with Crippen molar-refractivity contribution in [2.24, 2.45) is 5.92 Å². The Morgan fingerprint density at radius 1 is 1.42 bits per heavy atom. The molecule has 0 heterocycles. The van der Waals surface area contributed by atoms with Crippen molar-refractivity contribution < 1.29 is 9.90 Å². The number of rotatable bonds is 6. The average molecular weight is 261 g/mol. The number of hydrogen-bond acceptors (Lipinski definition) is 2. The van der Waals surface area contributed by atoms with Crippen LogP contribution in [0.3, 0.4) is 0 Å². The first-order valence-electron chi connectivity index (χ1n) is 6.67. The van der Waals surface area contributed by atoms with Gasteiger partial charge in [0.15, 0.2) is 0 Å². The van der Waals surface area contributed by atoms with Crippen molar-refractivity contribution in [1.29, 1.82) is 0 Å². The average Bonchev–Trinajstić information content (AvgIpc) is 2.35. The fourth-order valence-corrected chi connectivity index (χ4v) is 1.94. The van der Waals surface area contributed by atoms with Gasteiger partial charge in [-0.2, -0.15) is 0 Å². The number of nitrogens with one attached hydrogen (secondary N) is 1. The van der Waals surface area contributed by atoms with E-state index in [1.807, 2.05) is 31.2 Å².